The van der Waals surface area contributed by atoms with Crippen LogP contribution in [0.25, 0.3) is 17.0 Å². The van der Waals surface area contributed by atoms with Gasteiger partial charge in [0, 0.05) is 30.2 Å². The first-order valence-corrected chi connectivity index (χ1v) is 13.1. The van der Waals surface area contributed by atoms with Crippen molar-refractivity contribution in [3.63, 3.8) is 0 Å². The first kappa shape index (κ1) is 23.7. The van der Waals surface area contributed by atoms with Gasteiger partial charge in [-0.15, -0.1) is 0 Å². The van der Waals surface area contributed by atoms with Gasteiger partial charge in [0.1, 0.15) is 6.54 Å². The summed E-state index contributed by atoms with van der Waals surface area (Å²) in [6.07, 6.45) is 7.77. The zero-order chi connectivity index (χ0) is 24.5. The van der Waals surface area contributed by atoms with E-state index in [0.717, 1.165) is 71.0 Å². The van der Waals surface area contributed by atoms with Gasteiger partial charge in [-0.1, -0.05) is 48.9 Å². The van der Waals surface area contributed by atoms with Crippen molar-refractivity contribution in [3.05, 3.63) is 69.7 Å². The number of imide groups is 1. The number of para-hydroxylation sites is 2. The number of piperidine rings is 1. The molecule has 8 heteroatoms. The summed E-state index contributed by atoms with van der Waals surface area (Å²) in [6.45, 7) is 3.96. The van der Waals surface area contributed by atoms with E-state index in [1.807, 2.05) is 27.8 Å². The summed E-state index contributed by atoms with van der Waals surface area (Å²) in [5.74, 6) is -0.289. The predicted octanol–water partition coefficient (Wildman–Crippen LogP) is 6.11. The molecule has 0 N–H and O–H groups in total. The van der Waals surface area contributed by atoms with Gasteiger partial charge in [-0.3, -0.25) is 14.4 Å². The van der Waals surface area contributed by atoms with Crippen LogP contribution in [-0.4, -0.2) is 39.6 Å². The number of hydrogen-bond acceptors (Lipinski definition) is 4. The molecule has 0 spiro atoms. The summed E-state index contributed by atoms with van der Waals surface area (Å²) in [5.41, 5.74) is 3.32. The third-order valence-electron chi connectivity index (χ3n) is 6.58. The zero-order valence-electron chi connectivity index (χ0n) is 19.5. The highest BCUT2D eigenvalue weighted by atomic mass is 35.5. The summed E-state index contributed by atoms with van der Waals surface area (Å²) in [6, 6.07) is 12.9. The molecule has 1 aromatic heterocycles. The van der Waals surface area contributed by atoms with Gasteiger partial charge in [0.25, 0.3) is 11.1 Å². The van der Waals surface area contributed by atoms with Gasteiger partial charge in [0.05, 0.1) is 21.1 Å². The molecule has 3 heterocycles. The minimum Gasteiger partial charge on any atom is -0.341 e. The number of amides is 3. The molecule has 0 unspecified atom stereocenters. The number of nitrogens with zero attached hydrogens (tertiary/aromatic N) is 3. The minimum atomic E-state index is -0.398. The lowest BCUT2D eigenvalue weighted by molar-refractivity contribution is -0.132. The van der Waals surface area contributed by atoms with Gasteiger partial charge in [-0.05, 0) is 61.2 Å². The standard InChI is InChI=1S/C27H26ClN3O3S/c1-2-18-9-8-10-20-19(16-30(25(18)20)17-24(32)29-13-6-3-7-14-29)15-23-26(33)31(27(34)35-23)22-12-5-4-11-21(22)28/h4-5,8-12,15-16H,2-3,6-7,13-14,17H2,1H3/b23-15-. The Morgan fingerprint density at radius 2 is 1.83 bits per heavy atom. The van der Waals surface area contributed by atoms with Gasteiger partial charge in [0.15, 0.2) is 0 Å². The Labute approximate surface area is 213 Å². The number of carbonyl (C=O) groups is 3. The van der Waals surface area contributed by atoms with Crippen LogP contribution in [0.1, 0.15) is 37.3 Å². The van der Waals surface area contributed by atoms with Crippen LogP contribution in [0.3, 0.4) is 0 Å². The van der Waals surface area contributed by atoms with Gasteiger partial charge in [-0.2, -0.15) is 0 Å². The molecule has 35 heavy (non-hydrogen) atoms. The van der Waals surface area contributed by atoms with Crippen molar-refractivity contribution in [1.29, 1.82) is 0 Å². The van der Waals surface area contributed by atoms with Crippen LogP contribution in [0, 0.1) is 0 Å². The molecule has 2 aromatic carbocycles. The molecule has 0 aliphatic carbocycles. The van der Waals surface area contributed by atoms with Crippen LogP contribution in [0.15, 0.2) is 53.6 Å². The normalized spacial score (nSPS) is 17.7. The Kier molecular flexibility index (Phi) is 6.71. The topological polar surface area (TPSA) is 62.6 Å². The molecule has 2 aliphatic rings. The third-order valence-corrected chi connectivity index (χ3v) is 7.77. The van der Waals surface area contributed by atoms with E-state index >= 15 is 0 Å². The van der Waals surface area contributed by atoms with Crippen molar-refractivity contribution in [2.24, 2.45) is 0 Å². The number of hydrogen-bond donors (Lipinski definition) is 0. The lowest BCUT2D eigenvalue weighted by Gasteiger charge is -2.27. The van der Waals surface area contributed by atoms with Crippen molar-refractivity contribution in [2.45, 2.75) is 39.2 Å². The number of anilines is 1. The average Bonchev–Trinajstić information content (AvgIpc) is 3.36. The van der Waals surface area contributed by atoms with Crippen LogP contribution in [0.5, 0.6) is 0 Å². The smallest absolute Gasteiger partial charge is 0.298 e. The highest BCUT2D eigenvalue weighted by molar-refractivity contribution is 8.19. The van der Waals surface area contributed by atoms with Crippen LogP contribution in [-0.2, 0) is 22.6 Å². The predicted molar refractivity (Wildman–Crippen MR) is 142 cm³/mol. The highest BCUT2D eigenvalue weighted by Crippen LogP contribution is 2.39. The van der Waals surface area contributed by atoms with E-state index in [-0.39, 0.29) is 17.7 Å². The van der Waals surface area contributed by atoms with E-state index in [4.69, 9.17) is 11.6 Å². The molecule has 3 aromatic rings. The number of halogens is 1. The van der Waals surface area contributed by atoms with Crippen LogP contribution >= 0.6 is 23.4 Å². The van der Waals surface area contributed by atoms with Crippen LogP contribution in [0.4, 0.5) is 10.5 Å². The molecule has 6 nitrogen and oxygen atoms in total. The Bertz CT molecular complexity index is 1360. The number of carbonyl (C=O) groups excluding carboxylic acids is 3. The fourth-order valence-electron chi connectivity index (χ4n) is 4.83. The molecule has 5 rings (SSSR count). The molecule has 3 amide bonds. The van der Waals surface area contributed by atoms with Crippen molar-refractivity contribution < 1.29 is 14.4 Å². The summed E-state index contributed by atoms with van der Waals surface area (Å²) < 4.78 is 2.00. The second-order valence-electron chi connectivity index (χ2n) is 8.79. The summed E-state index contributed by atoms with van der Waals surface area (Å²) in [5, 5.41) is 0.921. The lowest BCUT2D eigenvalue weighted by Crippen LogP contribution is -2.37. The van der Waals surface area contributed by atoms with Crippen molar-refractivity contribution >= 4 is 63.1 Å². The number of aryl methyl sites for hydroxylation is 1. The Balaban J connectivity index is 1.52. The van der Waals surface area contributed by atoms with Gasteiger partial charge >= 0.3 is 0 Å². The molecule has 0 bridgehead atoms. The maximum Gasteiger partial charge on any atom is 0.298 e. The van der Waals surface area contributed by atoms with E-state index in [1.165, 1.54) is 6.42 Å². The summed E-state index contributed by atoms with van der Waals surface area (Å²) in [7, 11) is 0. The lowest BCUT2D eigenvalue weighted by atomic mass is 10.1. The van der Waals surface area contributed by atoms with Crippen molar-refractivity contribution in [1.82, 2.24) is 9.47 Å². The van der Waals surface area contributed by atoms with E-state index in [9.17, 15) is 14.4 Å². The van der Waals surface area contributed by atoms with Gasteiger partial charge in [-0.25, -0.2) is 4.90 Å². The molecule has 0 saturated carbocycles. The van der Waals surface area contributed by atoms with E-state index in [1.54, 1.807) is 30.3 Å². The number of likely N-dealkylation sites (tertiary alicyclic amines) is 1. The molecule has 2 saturated heterocycles. The minimum absolute atomic E-state index is 0.109. The van der Waals surface area contributed by atoms with Gasteiger partial charge < -0.3 is 9.47 Å². The van der Waals surface area contributed by atoms with Gasteiger partial charge in [0.2, 0.25) is 5.91 Å². The summed E-state index contributed by atoms with van der Waals surface area (Å²) >= 11 is 7.16. The van der Waals surface area contributed by atoms with Crippen molar-refractivity contribution in [3.8, 4) is 0 Å². The number of aromatic nitrogens is 1. The second kappa shape index (κ2) is 9.91. The third kappa shape index (κ3) is 4.50. The van der Waals surface area contributed by atoms with E-state index in [0.29, 0.717) is 15.6 Å². The zero-order valence-corrected chi connectivity index (χ0v) is 21.1. The maximum absolute atomic E-state index is 13.2. The molecule has 180 valence electrons. The monoisotopic (exact) mass is 507 g/mol. The summed E-state index contributed by atoms with van der Waals surface area (Å²) in [4.78, 5) is 42.4. The largest absolute Gasteiger partial charge is 0.341 e. The van der Waals surface area contributed by atoms with Crippen LogP contribution in [0.2, 0.25) is 5.02 Å². The molecular weight excluding hydrogens is 482 g/mol. The number of benzene rings is 2. The number of fused-ring (bicyclic) bond motifs is 1. The fourth-order valence-corrected chi connectivity index (χ4v) is 5.87. The number of rotatable bonds is 5. The second-order valence-corrected chi connectivity index (χ2v) is 10.2. The maximum atomic E-state index is 13.2. The SMILES string of the molecule is CCc1cccc2c(/C=C3\SC(=O)N(c4ccccc4Cl)C3=O)cn(CC(=O)N3CCCCC3)c12. The van der Waals surface area contributed by atoms with E-state index in [2.05, 4.69) is 13.0 Å². The molecular formula is C27H26ClN3O3S. The Morgan fingerprint density at radius 1 is 1.06 bits per heavy atom. The molecule has 2 fully saturated rings. The Morgan fingerprint density at radius 3 is 2.57 bits per heavy atom. The first-order valence-electron chi connectivity index (χ1n) is 11.9. The van der Waals surface area contributed by atoms with Crippen LogP contribution < -0.4 is 4.90 Å². The Hall–Kier alpha value is -3.03. The molecule has 0 atom stereocenters. The highest BCUT2D eigenvalue weighted by Gasteiger charge is 2.37. The first-order chi connectivity index (χ1) is 17.0. The van der Waals surface area contributed by atoms with Crippen molar-refractivity contribution in [2.75, 3.05) is 18.0 Å². The molecule has 2 aliphatic heterocycles. The number of thioether (sulfide) groups is 1. The quantitative estimate of drug-likeness (QED) is 0.391. The average molecular weight is 508 g/mol. The molecule has 0 radical (unpaired) electrons. The fraction of sp³-hybridized carbons (Fsp3) is 0.296. The van der Waals surface area contributed by atoms with E-state index < -0.39 is 5.91 Å².